The van der Waals surface area contributed by atoms with E-state index in [1.807, 2.05) is 6.92 Å². The lowest BCUT2D eigenvalue weighted by Gasteiger charge is -2.13. The van der Waals surface area contributed by atoms with Gasteiger partial charge in [-0.05, 0) is 6.92 Å². The number of rotatable bonds is 6. The molecule has 0 fully saturated rings. The van der Waals surface area contributed by atoms with E-state index in [9.17, 15) is 0 Å². The third kappa shape index (κ3) is 4.24. The average Bonchev–Trinajstić information content (AvgIpc) is 2.16. The molecule has 8 nitrogen and oxygen atoms in total. The van der Waals surface area contributed by atoms with Crippen LogP contribution in [0.5, 0.6) is 0 Å². The zero-order chi connectivity index (χ0) is 12.0. The summed E-state index contributed by atoms with van der Waals surface area (Å²) in [5, 5.41) is 11.5. The van der Waals surface area contributed by atoms with Crippen molar-refractivity contribution in [2.75, 3.05) is 36.6 Å². The minimum Gasteiger partial charge on any atom is -0.394 e. The second-order valence-electron chi connectivity index (χ2n) is 3.22. The molecule has 1 rings (SSSR count). The quantitative estimate of drug-likeness (QED) is 0.448. The van der Waals surface area contributed by atoms with E-state index in [1.54, 1.807) is 0 Å². The smallest absolute Gasteiger partial charge is 0.229 e. The van der Waals surface area contributed by atoms with Gasteiger partial charge in [-0.15, -0.1) is 0 Å². The fraction of sp³-hybridized carbons (Fsp3) is 0.625. The molecule has 0 radical (unpaired) electrons. The van der Waals surface area contributed by atoms with Gasteiger partial charge in [0.2, 0.25) is 17.8 Å². The summed E-state index contributed by atoms with van der Waals surface area (Å²) < 4.78 is 5.13. The van der Waals surface area contributed by atoms with Crippen molar-refractivity contribution in [3.8, 4) is 0 Å². The van der Waals surface area contributed by atoms with Crippen LogP contribution in [0.25, 0.3) is 0 Å². The predicted octanol–water partition coefficient (Wildman–Crippen LogP) is -1.15. The summed E-state index contributed by atoms with van der Waals surface area (Å²) in [4.78, 5) is 11.4. The molecule has 0 bridgehead atoms. The molecule has 0 amide bonds. The van der Waals surface area contributed by atoms with E-state index in [-0.39, 0.29) is 24.5 Å². The van der Waals surface area contributed by atoms with Gasteiger partial charge in [-0.1, -0.05) is 0 Å². The largest absolute Gasteiger partial charge is 0.394 e. The maximum Gasteiger partial charge on any atom is 0.229 e. The van der Waals surface area contributed by atoms with E-state index in [4.69, 9.17) is 21.3 Å². The Hall–Kier alpha value is -1.67. The van der Waals surface area contributed by atoms with E-state index in [1.165, 1.54) is 0 Å². The monoisotopic (exact) mass is 228 g/mol. The highest BCUT2D eigenvalue weighted by atomic mass is 16.5. The molecule has 1 atom stereocenters. The topological polar surface area (TPSA) is 132 Å². The summed E-state index contributed by atoms with van der Waals surface area (Å²) in [5.74, 6) is 0.446. The second-order valence-corrected chi connectivity index (χ2v) is 3.22. The van der Waals surface area contributed by atoms with Crippen LogP contribution in [0, 0.1) is 0 Å². The predicted molar refractivity (Wildman–Crippen MR) is 59.6 cm³/mol. The number of aromatic nitrogens is 3. The fourth-order valence-electron chi connectivity index (χ4n) is 1.06. The number of nitrogens with one attached hydrogen (secondary N) is 1. The summed E-state index contributed by atoms with van der Waals surface area (Å²) in [6, 6.07) is -0.0206. The van der Waals surface area contributed by atoms with Crippen LogP contribution in [0.15, 0.2) is 0 Å². The van der Waals surface area contributed by atoms with Gasteiger partial charge in [0.05, 0.1) is 19.8 Å². The Morgan fingerprint density at radius 3 is 2.50 bits per heavy atom. The first-order valence-electron chi connectivity index (χ1n) is 4.84. The molecule has 1 aromatic heterocycles. The summed E-state index contributed by atoms with van der Waals surface area (Å²) in [6.45, 7) is 2.60. The SMILES string of the molecule is CC(COCCO)Nc1nc(N)nc(N)n1. The molecule has 0 aliphatic rings. The Balaban J connectivity index is 2.45. The highest BCUT2D eigenvalue weighted by molar-refractivity contribution is 5.37. The highest BCUT2D eigenvalue weighted by Gasteiger charge is 2.06. The van der Waals surface area contributed by atoms with Crippen LogP contribution in [0.3, 0.4) is 0 Å². The number of aliphatic hydroxyl groups is 1. The van der Waals surface area contributed by atoms with Gasteiger partial charge in [0, 0.05) is 6.04 Å². The maximum atomic E-state index is 8.53. The van der Waals surface area contributed by atoms with Crippen molar-refractivity contribution in [1.82, 2.24) is 15.0 Å². The number of hydrogen-bond donors (Lipinski definition) is 4. The van der Waals surface area contributed by atoms with Crippen LogP contribution >= 0.6 is 0 Å². The van der Waals surface area contributed by atoms with Crippen LogP contribution in [-0.2, 0) is 4.74 Å². The van der Waals surface area contributed by atoms with Gasteiger partial charge in [-0.25, -0.2) is 0 Å². The van der Waals surface area contributed by atoms with Crippen molar-refractivity contribution >= 4 is 17.8 Å². The van der Waals surface area contributed by atoms with E-state index in [2.05, 4.69) is 20.3 Å². The average molecular weight is 228 g/mol. The van der Waals surface area contributed by atoms with Crippen molar-refractivity contribution in [2.45, 2.75) is 13.0 Å². The van der Waals surface area contributed by atoms with Gasteiger partial charge in [0.15, 0.2) is 0 Å². The zero-order valence-electron chi connectivity index (χ0n) is 9.05. The maximum absolute atomic E-state index is 8.53. The standard InChI is InChI=1S/C8H16N6O2/c1-5(4-16-3-2-15)11-8-13-6(9)12-7(10)14-8/h5,15H,2-4H2,1H3,(H5,9,10,11,12,13,14). The van der Waals surface area contributed by atoms with Gasteiger partial charge in [0.25, 0.3) is 0 Å². The normalized spacial score (nSPS) is 12.4. The Bertz CT molecular complexity index is 314. The highest BCUT2D eigenvalue weighted by Crippen LogP contribution is 2.05. The number of aliphatic hydroxyl groups excluding tert-OH is 1. The van der Waals surface area contributed by atoms with Gasteiger partial charge in [0.1, 0.15) is 0 Å². The Morgan fingerprint density at radius 2 is 1.94 bits per heavy atom. The van der Waals surface area contributed by atoms with E-state index in [0.717, 1.165) is 0 Å². The van der Waals surface area contributed by atoms with Crippen LogP contribution < -0.4 is 16.8 Å². The van der Waals surface area contributed by atoms with Gasteiger partial charge in [-0.2, -0.15) is 15.0 Å². The van der Waals surface area contributed by atoms with Gasteiger partial charge in [-0.3, -0.25) is 0 Å². The lowest BCUT2D eigenvalue weighted by molar-refractivity contribution is 0.0883. The molecule has 0 aromatic carbocycles. The molecule has 90 valence electrons. The van der Waals surface area contributed by atoms with E-state index >= 15 is 0 Å². The Kier molecular flexibility index (Phi) is 4.67. The summed E-state index contributed by atoms with van der Waals surface area (Å²) >= 11 is 0. The molecular formula is C8H16N6O2. The number of anilines is 3. The number of nitrogens with two attached hydrogens (primary N) is 2. The first-order chi connectivity index (χ1) is 7.61. The third-order valence-corrected chi connectivity index (χ3v) is 1.65. The molecule has 0 aliphatic heterocycles. The second kappa shape index (κ2) is 6.03. The summed E-state index contributed by atoms with van der Waals surface area (Å²) in [7, 11) is 0. The molecule has 0 saturated heterocycles. The summed E-state index contributed by atoms with van der Waals surface area (Å²) in [5.41, 5.74) is 10.8. The van der Waals surface area contributed by atoms with Crippen LogP contribution in [0.2, 0.25) is 0 Å². The lowest BCUT2D eigenvalue weighted by atomic mass is 10.4. The van der Waals surface area contributed by atoms with E-state index in [0.29, 0.717) is 19.2 Å². The molecule has 6 N–H and O–H groups in total. The molecular weight excluding hydrogens is 212 g/mol. The van der Waals surface area contributed by atoms with E-state index < -0.39 is 0 Å². The molecule has 16 heavy (non-hydrogen) atoms. The van der Waals surface area contributed by atoms with Crippen molar-refractivity contribution in [2.24, 2.45) is 0 Å². The molecule has 0 aliphatic carbocycles. The zero-order valence-corrected chi connectivity index (χ0v) is 9.05. The molecule has 1 unspecified atom stereocenters. The van der Waals surface area contributed by atoms with Crippen molar-refractivity contribution < 1.29 is 9.84 Å². The Morgan fingerprint density at radius 1 is 1.31 bits per heavy atom. The van der Waals surface area contributed by atoms with Crippen LogP contribution in [0.4, 0.5) is 17.8 Å². The van der Waals surface area contributed by atoms with Gasteiger partial charge >= 0.3 is 0 Å². The fourth-order valence-corrected chi connectivity index (χ4v) is 1.06. The minimum atomic E-state index is -0.0206. The number of ether oxygens (including phenoxy) is 1. The number of hydrogen-bond acceptors (Lipinski definition) is 8. The third-order valence-electron chi connectivity index (χ3n) is 1.65. The lowest BCUT2D eigenvalue weighted by Crippen LogP contribution is -2.24. The number of nitrogens with zero attached hydrogens (tertiary/aromatic N) is 3. The van der Waals surface area contributed by atoms with Crippen molar-refractivity contribution in [3.63, 3.8) is 0 Å². The summed E-state index contributed by atoms with van der Waals surface area (Å²) in [6.07, 6.45) is 0. The number of nitrogen functional groups attached to an aromatic ring is 2. The van der Waals surface area contributed by atoms with Crippen molar-refractivity contribution in [3.05, 3.63) is 0 Å². The minimum absolute atomic E-state index is 0.00161. The van der Waals surface area contributed by atoms with Crippen LogP contribution in [-0.4, -0.2) is 45.9 Å². The van der Waals surface area contributed by atoms with Gasteiger partial charge < -0.3 is 26.6 Å². The Labute approximate surface area is 93.1 Å². The first-order valence-corrected chi connectivity index (χ1v) is 4.84. The molecule has 1 aromatic rings. The molecule has 8 heteroatoms. The van der Waals surface area contributed by atoms with Crippen LogP contribution in [0.1, 0.15) is 6.92 Å². The van der Waals surface area contributed by atoms with Crippen molar-refractivity contribution in [1.29, 1.82) is 0 Å². The first kappa shape index (κ1) is 12.4. The molecule has 0 saturated carbocycles. The molecule has 1 heterocycles. The molecule has 0 spiro atoms.